The van der Waals surface area contributed by atoms with Crippen LogP contribution in [0.25, 0.3) is 17.1 Å². The molecular formula is C21H15FN4O2S. The summed E-state index contributed by atoms with van der Waals surface area (Å²) < 4.78 is 15.2. The summed E-state index contributed by atoms with van der Waals surface area (Å²) in [4.78, 5) is 10.9. The molecule has 0 aliphatic rings. The molecule has 0 fully saturated rings. The molecule has 1 aromatic heterocycles. The van der Waals surface area contributed by atoms with Crippen molar-refractivity contribution < 1.29 is 9.31 Å². The van der Waals surface area contributed by atoms with Gasteiger partial charge in [-0.2, -0.15) is 0 Å². The Morgan fingerprint density at radius 2 is 1.62 bits per heavy atom. The van der Waals surface area contributed by atoms with E-state index in [0.717, 1.165) is 11.3 Å². The number of halogens is 1. The number of aromatic nitrogens is 3. The number of nitro groups is 1. The maximum absolute atomic E-state index is 13.3. The van der Waals surface area contributed by atoms with Gasteiger partial charge in [0.25, 0.3) is 5.69 Å². The van der Waals surface area contributed by atoms with Crippen molar-refractivity contribution in [3.63, 3.8) is 0 Å². The van der Waals surface area contributed by atoms with E-state index in [9.17, 15) is 14.5 Å². The van der Waals surface area contributed by atoms with E-state index in [1.54, 1.807) is 30.3 Å². The molecule has 0 atom stereocenters. The summed E-state index contributed by atoms with van der Waals surface area (Å²) in [6.07, 6.45) is 0. The van der Waals surface area contributed by atoms with Gasteiger partial charge in [-0.1, -0.05) is 48.2 Å². The Morgan fingerprint density at radius 1 is 0.931 bits per heavy atom. The normalized spacial score (nSPS) is 10.8. The largest absolute Gasteiger partial charge is 0.273 e. The smallest absolute Gasteiger partial charge is 0.270 e. The van der Waals surface area contributed by atoms with Gasteiger partial charge >= 0.3 is 0 Å². The van der Waals surface area contributed by atoms with Crippen molar-refractivity contribution in [2.75, 3.05) is 0 Å². The molecule has 6 nitrogen and oxygen atoms in total. The van der Waals surface area contributed by atoms with E-state index in [-0.39, 0.29) is 16.4 Å². The minimum absolute atomic E-state index is 0.0736. The van der Waals surface area contributed by atoms with Crippen LogP contribution in [-0.2, 0) is 5.75 Å². The quantitative estimate of drug-likeness (QED) is 0.248. The Bertz CT molecular complexity index is 1150. The van der Waals surface area contributed by atoms with Gasteiger partial charge in [0.1, 0.15) is 5.82 Å². The fraction of sp³-hybridized carbons (Fsp3) is 0.0476. The monoisotopic (exact) mass is 406 g/mol. The zero-order valence-electron chi connectivity index (χ0n) is 15.1. The number of rotatable bonds is 6. The molecule has 0 radical (unpaired) electrons. The Morgan fingerprint density at radius 3 is 2.34 bits per heavy atom. The van der Waals surface area contributed by atoms with Crippen LogP contribution >= 0.6 is 11.8 Å². The molecule has 0 N–H and O–H groups in total. The lowest BCUT2D eigenvalue weighted by molar-refractivity contribution is -0.385. The number of nitrogens with zero attached hydrogens (tertiary/aromatic N) is 4. The van der Waals surface area contributed by atoms with Crippen molar-refractivity contribution in [1.29, 1.82) is 0 Å². The second-order valence-corrected chi connectivity index (χ2v) is 7.10. The third-order valence-corrected chi connectivity index (χ3v) is 5.27. The molecule has 0 aliphatic heterocycles. The number of thioether (sulfide) groups is 1. The lowest BCUT2D eigenvalue weighted by Crippen LogP contribution is -2.00. The fourth-order valence-electron chi connectivity index (χ4n) is 2.91. The summed E-state index contributed by atoms with van der Waals surface area (Å²) in [6.45, 7) is 0. The van der Waals surface area contributed by atoms with E-state index in [4.69, 9.17) is 0 Å². The predicted molar refractivity (Wildman–Crippen MR) is 109 cm³/mol. The molecule has 0 amide bonds. The van der Waals surface area contributed by atoms with Crippen molar-refractivity contribution in [2.45, 2.75) is 10.9 Å². The van der Waals surface area contributed by atoms with Crippen LogP contribution in [0.15, 0.2) is 84.0 Å². The van der Waals surface area contributed by atoms with E-state index in [1.807, 2.05) is 34.9 Å². The number of nitro benzene ring substituents is 1. The predicted octanol–water partition coefficient (Wildman–Crippen LogP) is 5.27. The molecule has 4 aromatic rings. The van der Waals surface area contributed by atoms with Crippen LogP contribution in [0.4, 0.5) is 10.1 Å². The van der Waals surface area contributed by atoms with Crippen LogP contribution in [-0.4, -0.2) is 19.7 Å². The average molecular weight is 406 g/mol. The first-order chi connectivity index (χ1) is 14.1. The lowest BCUT2D eigenvalue weighted by atomic mass is 10.2. The van der Waals surface area contributed by atoms with E-state index >= 15 is 0 Å². The average Bonchev–Trinajstić information content (AvgIpc) is 3.17. The fourth-order valence-corrected chi connectivity index (χ4v) is 3.86. The highest BCUT2D eigenvalue weighted by atomic mass is 32.2. The molecule has 144 valence electrons. The Balaban J connectivity index is 1.73. The molecule has 1 heterocycles. The molecule has 0 aliphatic carbocycles. The second-order valence-electron chi connectivity index (χ2n) is 6.16. The van der Waals surface area contributed by atoms with Crippen molar-refractivity contribution in [3.05, 3.63) is 100 Å². The van der Waals surface area contributed by atoms with E-state index in [0.29, 0.717) is 22.3 Å². The van der Waals surface area contributed by atoms with Gasteiger partial charge in [0.05, 0.1) is 4.92 Å². The highest BCUT2D eigenvalue weighted by molar-refractivity contribution is 7.98. The summed E-state index contributed by atoms with van der Waals surface area (Å²) >= 11 is 1.36. The molecule has 3 aromatic carbocycles. The summed E-state index contributed by atoms with van der Waals surface area (Å²) in [5.41, 5.74) is 2.25. The van der Waals surface area contributed by atoms with Gasteiger partial charge in [0, 0.05) is 28.6 Å². The number of para-hydroxylation sites is 2. The third-order valence-electron chi connectivity index (χ3n) is 4.30. The molecule has 29 heavy (non-hydrogen) atoms. The Kier molecular flexibility index (Phi) is 5.35. The van der Waals surface area contributed by atoms with Crippen LogP contribution < -0.4 is 0 Å². The number of benzene rings is 3. The maximum atomic E-state index is 13.3. The Labute approximate surface area is 170 Å². The number of hydrogen-bond acceptors (Lipinski definition) is 5. The van der Waals surface area contributed by atoms with E-state index < -0.39 is 0 Å². The molecule has 8 heteroatoms. The van der Waals surface area contributed by atoms with Gasteiger partial charge < -0.3 is 0 Å². The van der Waals surface area contributed by atoms with Crippen LogP contribution in [0, 0.1) is 15.9 Å². The summed E-state index contributed by atoms with van der Waals surface area (Å²) in [5, 5.41) is 20.5. The van der Waals surface area contributed by atoms with Crippen LogP contribution in [0.5, 0.6) is 0 Å². The summed E-state index contributed by atoms with van der Waals surface area (Å²) in [7, 11) is 0. The first-order valence-corrected chi connectivity index (χ1v) is 9.74. The minimum atomic E-state index is -0.387. The Hall–Kier alpha value is -3.52. The molecular weight excluding hydrogens is 391 g/mol. The number of hydrogen-bond donors (Lipinski definition) is 0. The van der Waals surface area contributed by atoms with Crippen LogP contribution in [0.1, 0.15) is 5.56 Å². The van der Waals surface area contributed by atoms with Crippen molar-refractivity contribution in [1.82, 2.24) is 14.8 Å². The third kappa shape index (κ3) is 4.02. The van der Waals surface area contributed by atoms with Gasteiger partial charge in [-0.05, 0) is 36.4 Å². The zero-order valence-corrected chi connectivity index (χ0v) is 15.9. The van der Waals surface area contributed by atoms with Gasteiger partial charge in [-0.25, -0.2) is 4.39 Å². The lowest BCUT2D eigenvalue weighted by Gasteiger charge is -2.10. The van der Waals surface area contributed by atoms with Crippen molar-refractivity contribution in [2.24, 2.45) is 0 Å². The summed E-state index contributed by atoms with van der Waals surface area (Å²) in [5.74, 6) is 0.609. The highest BCUT2D eigenvalue weighted by Gasteiger charge is 2.18. The SMILES string of the molecule is O=[N+]([O-])c1ccccc1CSc1nnc(-c2ccc(F)cc2)n1-c1ccccc1. The molecule has 0 spiro atoms. The molecule has 0 saturated carbocycles. The first kappa shape index (κ1) is 18.8. The van der Waals surface area contributed by atoms with Gasteiger partial charge in [0.2, 0.25) is 0 Å². The zero-order chi connectivity index (χ0) is 20.2. The van der Waals surface area contributed by atoms with Crippen molar-refractivity contribution >= 4 is 17.4 Å². The van der Waals surface area contributed by atoms with Crippen molar-refractivity contribution in [3.8, 4) is 17.1 Å². The van der Waals surface area contributed by atoms with E-state index in [2.05, 4.69) is 10.2 Å². The molecule has 0 unspecified atom stereocenters. The topological polar surface area (TPSA) is 73.8 Å². The first-order valence-electron chi connectivity index (χ1n) is 8.75. The maximum Gasteiger partial charge on any atom is 0.273 e. The summed E-state index contributed by atoms with van der Waals surface area (Å²) in [6, 6.07) is 22.2. The van der Waals surface area contributed by atoms with Gasteiger partial charge in [-0.15, -0.1) is 10.2 Å². The molecule has 4 rings (SSSR count). The molecule has 0 saturated heterocycles. The standard InChI is InChI=1S/C21H15FN4O2S/c22-17-12-10-15(11-13-17)20-23-24-21(25(20)18-7-2-1-3-8-18)29-14-16-6-4-5-9-19(16)26(27)28/h1-13H,14H2. The van der Waals surface area contributed by atoms with Gasteiger partial charge in [0.15, 0.2) is 11.0 Å². The second kappa shape index (κ2) is 8.24. The van der Waals surface area contributed by atoms with Gasteiger partial charge in [-0.3, -0.25) is 14.7 Å². The van der Waals surface area contributed by atoms with E-state index in [1.165, 1.54) is 30.0 Å². The van der Waals surface area contributed by atoms with Crippen LogP contribution in [0.2, 0.25) is 0 Å². The van der Waals surface area contributed by atoms with Crippen LogP contribution in [0.3, 0.4) is 0 Å². The highest BCUT2D eigenvalue weighted by Crippen LogP contribution is 2.31. The minimum Gasteiger partial charge on any atom is -0.270 e. The molecule has 0 bridgehead atoms.